The molecule has 23 heavy (non-hydrogen) atoms. The summed E-state index contributed by atoms with van der Waals surface area (Å²) in [4.78, 5) is 37.2. The lowest BCUT2D eigenvalue weighted by atomic mass is 9.95. The second kappa shape index (κ2) is 5.62. The number of carbonyl (C=O) groups excluding carboxylic acids is 1. The van der Waals surface area contributed by atoms with Crippen molar-refractivity contribution in [3.8, 4) is 0 Å². The molecule has 0 unspecified atom stereocenters. The molecule has 3 aromatic rings. The van der Waals surface area contributed by atoms with Crippen LogP contribution in [0.25, 0.3) is 10.1 Å². The maximum absolute atomic E-state index is 12.8. The van der Waals surface area contributed by atoms with Gasteiger partial charge in [-0.05, 0) is 49.4 Å². The van der Waals surface area contributed by atoms with Crippen molar-refractivity contribution >= 4 is 27.2 Å². The number of benzene rings is 1. The maximum atomic E-state index is 12.8. The first-order valence-corrected chi connectivity index (χ1v) is 8.18. The van der Waals surface area contributed by atoms with Gasteiger partial charge in [-0.3, -0.25) is 19.1 Å². The highest BCUT2D eigenvalue weighted by atomic mass is 32.1. The van der Waals surface area contributed by atoms with Crippen molar-refractivity contribution < 1.29 is 4.79 Å². The highest BCUT2D eigenvalue weighted by molar-refractivity contribution is 7.16. The summed E-state index contributed by atoms with van der Waals surface area (Å²) in [5.74, 6) is -0.353. The molecule has 0 bridgehead atoms. The Kier molecular flexibility index (Phi) is 3.77. The minimum atomic E-state index is -0.353. The van der Waals surface area contributed by atoms with Crippen molar-refractivity contribution in [3.05, 3.63) is 66.5 Å². The van der Waals surface area contributed by atoms with Crippen LogP contribution in [-0.2, 0) is 6.54 Å². The van der Waals surface area contributed by atoms with Crippen molar-refractivity contribution in [2.24, 2.45) is 0 Å². The number of rotatable bonds is 3. The van der Waals surface area contributed by atoms with Crippen LogP contribution in [0.5, 0.6) is 0 Å². The topological polar surface area (TPSA) is 71.9 Å². The summed E-state index contributed by atoms with van der Waals surface area (Å²) in [6, 6.07) is 3.27. The molecule has 0 spiro atoms. The summed E-state index contributed by atoms with van der Waals surface area (Å²) >= 11 is 1.48. The third-order valence-electron chi connectivity index (χ3n) is 4.02. The number of hydrogen-bond donors (Lipinski definition) is 1. The van der Waals surface area contributed by atoms with E-state index in [1.807, 2.05) is 13.8 Å². The van der Waals surface area contributed by atoms with Crippen LogP contribution >= 0.6 is 11.3 Å². The number of H-pyrrole nitrogens is 1. The zero-order valence-electron chi connectivity index (χ0n) is 13.1. The Balaban J connectivity index is 2.28. The Morgan fingerprint density at radius 2 is 2.00 bits per heavy atom. The van der Waals surface area contributed by atoms with Gasteiger partial charge in [0, 0.05) is 28.4 Å². The maximum Gasteiger partial charge on any atom is 0.277 e. The fourth-order valence-corrected chi connectivity index (χ4v) is 3.72. The summed E-state index contributed by atoms with van der Waals surface area (Å²) in [6.07, 6.45) is 1.43. The molecule has 118 valence electrons. The van der Waals surface area contributed by atoms with E-state index in [0.29, 0.717) is 23.1 Å². The summed E-state index contributed by atoms with van der Waals surface area (Å²) in [5.41, 5.74) is 1.55. The zero-order chi connectivity index (χ0) is 16.7. The van der Waals surface area contributed by atoms with Gasteiger partial charge in [-0.1, -0.05) is 0 Å². The summed E-state index contributed by atoms with van der Waals surface area (Å²) in [7, 11) is 0. The summed E-state index contributed by atoms with van der Waals surface area (Å²) < 4.78 is 2.25. The van der Waals surface area contributed by atoms with Crippen molar-refractivity contribution in [1.82, 2.24) is 9.78 Å². The molecule has 1 N–H and O–H groups in total. The van der Waals surface area contributed by atoms with E-state index in [9.17, 15) is 14.4 Å². The van der Waals surface area contributed by atoms with Crippen LogP contribution in [-0.4, -0.2) is 15.6 Å². The Bertz CT molecular complexity index is 1040. The van der Waals surface area contributed by atoms with Crippen LogP contribution < -0.4 is 11.0 Å². The van der Waals surface area contributed by atoms with E-state index in [0.717, 1.165) is 10.3 Å². The van der Waals surface area contributed by atoms with Gasteiger partial charge in [-0.2, -0.15) is 0 Å². The predicted molar refractivity (Wildman–Crippen MR) is 91.7 cm³/mol. The van der Waals surface area contributed by atoms with Crippen molar-refractivity contribution in [2.75, 3.05) is 0 Å². The van der Waals surface area contributed by atoms with E-state index in [-0.39, 0.29) is 22.3 Å². The molecular weight excluding hydrogens is 312 g/mol. The standard InChI is InChI=1S/C17H16N2O3S/c1-4-19-17(22)12(8-18-19)15(21)11-7-9(2)16-14(10(11)3)13(20)5-6-23-16/h5-8,18H,4H2,1-3H3. The molecule has 0 aliphatic carbocycles. The van der Waals surface area contributed by atoms with Gasteiger partial charge in [0.05, 0.1) is 0 Å². The lowest BCUT2D eigenvalue weighted by Gasteiger charge is -2.09. The minimum Gasteiger partial charge on any atom is -0.302 e. The number of aryl methyl sites for hydroxylation is 3. The number of aromatic amines is 1. The third-order valence-corrected chi connectivity index (χ3v) is 5.06. The third kappa shape index (κ3) is 2.35. The molecule has 0 fully saturated rings. The van der Waals surface area contributed by atoms with Crippen LogP contribution in [0.2, 0.25) is 0 Å². The van der Waals surface area contributed by atoms with Gasteiger partial charge in [0.25, 0.3) is 5.56 Å². The molecule has 0 radical (unpaired) electrons. The van der Waals surface area contributed by atoms with Crippen molar-refractivity contribution in [1.29, 1.82) is 0 Å². The fourth-order valence-electron chi connectivity index (χ4n) is 2.77. The van der Waals surface area contributed by atoms with Gasteiger partial charge < -0.3 is 5.10 Å². The molecule has 0 atom stereocenters. The SMILES string of the molecule is CCn1[nH]cc(C(=O)c2cc(C)c3sccc(=O)c3c2C)c1=O. The lowest BCUT2D eigenvalue weighted by Crippen LogP contribution is -2.21. The van der Waals surface area contributed by atoms with Crippen LogP contribution in [0.4, 0.5) is 0 Å². The van der Waals surface area contributed by atoms with Crippen LogP contribution in [0.1, 0.15) is 34.0 Å². The summed E-state index contributed by atoms with van der Waals surface area (Å²) in [5, 5.41) is 5.10. The average molecular weight is 328 g/mol. The molecule has 0 aliphatic heterocycles. The molecule has 3 rings (SSSR count). The van der Waals surface area contributed by atoms with E-state index in [2.05, 4.69) is 5.10 Å². The first-order chi connectivity index (χ1) is 11.0. The highest BCUT2D eigenvalue weighted by Gasteiger charge is 2.20. The summed E-state index contributed by atoms with van der Waals surface area (Å²) in [6.45, 7) is 5.92. The highest BCUT2D eigenvalue weighted by Crippen LogP contribution is 2.27. The first kappa shape index (κ1) is 15.4. The number of carbonyl (C=O) groups is 1. The fraction of sp³-hybridized carbons (Fsp3) is 0.235. The second-order valence-electron chi connectivity index (χ2n) is 5.42. The average Bonchev–Trinajstić information content (AvgIpc) is 2.90. The number of fused-ring (bicyclic) bond motifs is 1. The molecule has 0 aliphatic rings. The van der Waals surface area contributed by atoms with Gasteiger partial charge in [-0.25, -0.2) is 0 Å². The minimum absolute atomic E-state index is 0.0979. The largest absolute Gasteiger partial charge is 0.302 e. The van der Waals surface area contributed by atoms with E-state index in [4.69, 9.17) is 0 Å². The molecule has 2 heterocycles. The Morgan fingerprint density at radius 1 is 1.26 bits per heavy atom. The molecule has 0 saturated heterocycles. The zero-order valence-corrected chi connectivity index (χ0v) is 13.9. The monoisotopic (exact) mass is 328 g/mol. The number of nitrogens with one attached hydrogen (secondary N) is 1. The Hall–Kier alpha value is -2.47. The first-order valence-electron chi connectivity index (χ1n) is 7.30. The van der Waals surface area contributed by atoms with Gasteiger partial charge in [-0.15, -0.1) is 11.3 Å². The van der Waals surface area contributed by atoms with Crippen molar-refractivity contribution in [2.45, 2.75) is 27.3 Å². The number of ketones is 1. The Morgan fingerprint density at radius 3 is 2.65 bits per heavy atom. The molecule has 2 aromatic heterocycles. The van der Waals surface area contributed by atoms with E-state index < -0.39 is 0 Å². The normalized spacial score (nSPS) is 11.1. The van der Waals surface area contributed by atoms with E-state index in [1.54, 1.807) is 18.4 Å². The van der Waals surface area contributed by atoms with Gasteiger partial charge >= 0.3 is 0 Å². The van der Waals surface area contributed by atoms with Crippen LogP contribution in [0, 0.1) is 13.8 Å². The van der Waals surface area contributed by atoms with Gasteiger partial charge in [0.15, 0.2) is 11.2 Å². The number of aromatic nitrogens is 2. The molecule has 0 saturated carbocycles. The smallest absolute Gasteiger partial charge is 0.277 e. The van der Waals surface area contributed by atoms with Gasteiger partial charge in [0.2, 0.25) is 0 Å². The number of hydrogen-bond acceptors (Lipinski definition) is 4. The molecular formula is C17H16N2O3S. The molecule has 0 amide bonds. The second-order valence-corrected chi connectivity index (χ2v) is 6.34. The predicted octanol–water partition coefficient (Wildman–Crippen LogP) is 2.62. The molecule has 5 nitrogen and oxygen atoms in total. The lowest BCUT2D eigenvalue weighted by molar-refractivity contribution is 0.103. The molecule has 6 heteroatoms. The van der Waals surface area contributed by atoms with Crippen LogP contribution in [0.15, 0.2) is 33.3 Å². The number of nitrogens with zero attached hydrogens (tertiary/aromatic N) is 1. The van der Waals surface area contributed by atoms with Gasteiger partial charge in [0.1, 0.15) is 5.56 Å². The van der Waals surface area contributed by atoms with Crippen molar-refractivity contribution in [3.63, 3.8) is 0 Å². The van der Waals surface area contributed by atoms with Crippen LogP contribution in [0.3, 0.4) is 0 Å². The molecule has 1 aromatic carbocycles. The van der Waals surface area contributed by atoms with E-state index in [1.165, 1.54) is 28.3 Å². The van der Waals surface area contributed by atoms with E-state index >= 15 is 0 Å². The Labute approximate surface area is 136 Å². The quantitative estimate of drug-likeness (QED) is 0.751.